The van der Waals surface area contributed by atoms with Gasteiger partial charge in [0.05, 0.1) is 16.3 Å². The van der Waals surface area contributed by atoms with E-state index in [1.807, 2.05) is 54.1 Å². The number of benzene rings is 1. The number of thiophene rings is 1. The first-order valence-corrected chi connectivity index (χ1v) is 8.32. The first kappa shape index (κ1) is 14.4. The molecule has 0 unspecified atom stereocenters. The first-order chi connectivity index (χ1) is 10.8. The Bertz CT molecular complexity index is 824. The lowest BCUT2D eigenvalue weighted by Gasteiger charge is -2.00. The van der Waals surface area contributed by atoms with Crippen molar-refractivity contribution in [2.45, 2.75) is 6.92 Å². The van der Waals surface area contributed by atoms with E-state index >= 15 is 0 Å². The predicted molar refractivity (Wildman–Crippen MR) is 92.4 cm³/mol. The maximum absolute atomic E-state index is 9.29. The summed E-state index contributed by atoms with van der Waals surface area (Å²) >= 11 is 3.05. The van der Waals surface area contributed by atoms with Crippen molar-refractivity contribution in [1.82, 2.24) is 4.98 Å². The molecular formula is C16H12N4S2. The zero-order valence-corrected chi connectivity index (χ0v) is 13.4. The largest absolute Gasteiger partial charge is 0.277 e. The van der Waals surface area contributed by atoms with Crippen LogP contribution in [-0.4, -0.2) is 10.7 Å². The van der Waals surface area contributed by atoms with E-state index < -0.39 is 0 Å². The Kier molecular flexibility index (Phi) is 4.28. The third-order valence-electron chi connectivity index (χ3n) is 2.93. The summed E-state index contributed by atoms with van der Waals surface area (Å²) in [5.74, 6) is 0. The van der Waals surface area contributed by atoms with E-state index in [-0.39, 0.29) is 5.71 Å². The number of nitrogens with one attached hydrogen (secondary N) is 1. The maximum atomic E-state index is 9.29. The van der Waals surface area contributed by atoms with Crippen LogP contribution in [0.2, 0.25) is 0 Å². The number of rotatable bonds is 4. The molecule has 108 valence electrons. The highest BCUT2D eigenvalue weighted by molar-refractivity contribution is 7.15. The summed E-state index contributed by atoms with van der Waals surface area (Å²) in [4.78, 5) is 5.58. The Morgan fingerprint density at radius 1 is 1.23 bits per heavy atom. The van der Waals surface area contributed by atoms with E-state index in [4.69, 9.17) is 0 Å². The molecule has 0 aliphatic rings. The number of aryl methyl sites for hydroxylation is 1. The highest BCUT2D eigenvalue weighted by Crippen LogP contribution is 2.26. The van der Waals surface area contributed by atoms with E-state index in [0.29, 0.717) is 5.01 Å². The van der Waals surface area contributed by atoms with E-state index in [1.165, 1.54) is 16.9 Å². The number of nitriles is 1. The molecule has 3 rings (SSSR count). The van der Waals surface area contributed by atoms with Gasteiger partial charge in [0.25, 0.3) is 0 Å². The molecule has 2 heterocycles. The van der Waals surface area contributed by atoms with E-state index in [2.05, 4.69) is 21.6 Å². The number of hydrogen-bond donors (Lipinski definition) is 1. The van der Waals surface area contributed by atoms with Gasteiger partial charge in [0.2, 0.25) is 0 Å². The van der Waals surface area contributed by atoms with Crippen LogP contribution in [0.4, 0.5) is 5.69 Å². The SMILES string of the molecule is Cc1ccc(N/N=C(/C#N)c2nc(-c3cccs3)cs2)cc1. The smallest absolute Gasteiger partial charge is 0.196 e. The van der Waals surface area contributed by atoms with Gasteiger partial charge in [0, 0.05) is 5.38 Å². The highest BCUT2D eigenvalue weighted by atomic mass is 32.1. The van der Waals surface area contributed by atoms with Crippen LogP contribution < -0.4 is 5.43 Å². The van der Waals surface area contributed by atoms with Crippen molar-refractivity contribution in [2.75, 3.05) is 5.43 Å². The summed E-state index contributed by atoms with van der Waals surface area (Å²) in [6.07, 6.45) is 0. The second-order valence-corrected chi connectivity index (χ2v) is 6.37. The molecule has 0 bridgehead atoms. The van der Waals surface area contributed by atoms with Gasteiger partial charge < -0.3 is 0 Å². The van der Waals surface area contributed by atoms with Crippen molar-refractivity contribution in [2.24, 2.45) is 5.10 Å². The van der Waals surface area contributed by atoms with Gasteiger partial charge in [-0.1, -0.05) is 23.8 Å². The summed E-state index contributed by atoms with van der Waals surface area (Å²) in [5, 5.41) is 18.0. The number of aromatic nitrogens is 1. The maximum Gasteiger partial charge on any atom is 0.196 e. The second kappa shape index (κ2) is 6.52. The third kappa shape index (κ3) is 3.22. The van der Waals surface area contributed by atoms with E-state index in [9.17, 15) is 5.26 Å². The summed E-state index contributed by atoms with van der Waals surface area (Å²) in [7, 11) is 0. The first-order valence-electron chi connectivity index (χ1n) is 6.56. The van der Waals surface area contributed by atoms with Crippen molar-refractivity contribution >= 4 is 34.1 Å². The Labute approximate surface area is 136 Å². The van der Waals surface area contributed by atoms with Crippen LogP contribution in [0.15, 0.2) is 52.3 Å². The average Bonchev–Trinajstić information content (AvgIpc) is 3.20. The van der Waals surface area contributed by atoms with Crippen LogP contribution in [-0.2, 0) is 0 Å². The summed E-state index contributed by atoms with van der Waals surface area (Å²) in [6.45, 7) is 2.02. The lowest BCUT2D eigenvalue weighted by molar-refractivity contribution is 1.31. The van der Waals surface area contributed by atoms with Gasteiger partial charge in [0.15, 0.2) is 10.7 Å². The van der Waals surface area contributed by atoms with Crippen LogP contribution >= 0.6 is 22.7 Å². The van der Waals surface area contributed by atoms with Gasteiger partial charge in [-0.2, -0.15) is 10.4 Å². The van der Waals surface area contributed by atoms with Crippen molar-refractivity contribution in [3.05, 3.63) is 57.7 Å². The van der Waals surface area contributed by atoms with Gasteiger partial charge >= 0.3 is 0 Å². The van der Waals surface area contributed by atoms with Crippen LogP contribution in [0.25, 0.3) is 10.6 Å². The minimum absolute atomic E-state index is 0.286. The summed E-state index contributed by atoms with van der Waals surface area (Å²) in [6, 6.07) is 13.9. The molecule has 6 heteroatoms. The Balaban J connectivity index is 1.80. The lowest BCUT2D eigenvalue weighted by Crippen LogP contribution is -2.01. The van der Waals surface area contributed by atoms with Gasteiger partial charge in [0.1, 0.15) is 6.07 Å². The van der Waals surface area contributed by atoms with Crippen LogP contribution in [0.5, 0.6) is 0 Å². The van der Waals surface area contributed by atoms with Crippen LogP contribution in [0.3, 0.4) is 0 Å². The molecule has 22 heavy (non-hydrogen) atoms. The molecule has 3 aromatic rings. The number of anilines is 1. The minimum atomic E-state index is 0.286. The molecule has 4 nitrogen and oxygen atoms in total. The zero-order chi connectivity index (χ0) is 15.4. The second-order valence-electron chi connectivity index (χ2n) is 4.57. The number of nitrogens with zero attached hydrogens (tertiary/aromatic N) is 3. The molecule has 0 spiro atoms. The predicted octanol–water partition coefficient (Wildman–Crippen LogP) is 4.52. The number of hydrazone groups is 1. The molecule has 0 fully saturated rings. The molecule has 0 aliphatic heterocycles. The van der Waals surface area contributed by atoms with Gasteiger partial charge in [-0.25, -0.2) is 4.98 Å². The van der Waals surface area contributed by atoms with E-state index in [0.717, 1.165) is 16.3 Å². The van der Waals surface area contributed by atoms with Gasteiger partial charge in [-0.05, 0) is 30.5 Å². The van der Waals surface area contributed by atoms with E-state index in [1.54, 1.807) is 11.3 Å². The number of thiazole rings is 1. The molecule has 1 aromatic carbocycles. The Hall–Kier alpha value is -2.49. The highest BCUT2D eigenvalue weighted by Gasteiger charge is 2.10. The lowest BCUT2D eigenvalue weighted by atomic mass is 10.2. The van der Waals surface area contributed by atoms with Crippen molar-refractivity contribution < 1.29 is 0 Å². The fourth-order valence-corrected chi connectivity index (χ4v) is 3.31. The van der Waals surface area contributed by atoms with Crippen molar-refractivity contribution in [3.8, 4) is 16.6 Å². The quantitative estimate of drug-likeness (QED) is 0.567. The molecule has 0 atom stereocenters. The average molecular weight is 324 g/mol. The molecular weight excluding hydrogens is 312 g/mol. The third-order valence-corrected chi connectivity index (χ3v) is 4.68. The van der Waals surface area contributed by atoms with Crippen molar-refractivity contribution in [3.63, 3.8) is 0 Å². The normalized spacial score (nSPS) is 11.2. The van der Waals surface area contributed by atoms with Crippen LogP contribution in [0, 0.1) is 18.3 Å². The molecule has 0 saturated carbocycles. The number of hydrogen-bond acceptors (Lipinski definition) is 6. The van der Waals surface area contributed by atoms with Gasteiger partial charge in [-0.15, -0.1) is 22.7 Å². The van der Waals surface area contributed by atoms with Crippen LogP contribution in [0.1, 0.15) is 10.6 Å². The fraction of sp³-hybridized carbons (Fsp3) is 0.0625. The standard InChI is InChI=1S/C16H12N4S2/c1-11-4-6-12(7-5-11)19-20-13(9-17)16-18-14(10-22-16)15-3-2-8-21-15/h2-8,10,19H,1H3/b20-13-. The minimum Gasteiger partial charge on any atom is -0.277 e. The molecule has 0 saturated heterocycles. The Morgan fingerprint density at radius 3 is 2.73 bits per heavy atom. The molecule has 2 aromatic heterocycles. The molecule has 0 aliphatic carbocycles. The molecule has 0 radical (unpaired) electrons. The van der Waals surface area contributed by atoms with Crippen molar-refractivity contribution in [1.29, 1.82) is 5.26 Å². The Morgan fingerprint density at radius 2 is 2.05 bits per heavy atom. The van der Waals surface area contributed by atoms with Gasteiger partial charge in [-0.3, -0.25) is 5.43 Å². The summed E-state index contributed by atoms with van der Waals surface area (Å²) < 4.78 is 0. The topological polar surface area (TPSA) is 61.1 Å². The summed E-state index contributed by atoms with van der Waals surface area (Å²) in [5.41, 5.74) is 6.09. The molecule has 1 N–H and O–H groups in total. The molecule has 0 amide bonds. The fourth-order valence-electron chi connectivity index (χ4n) is 1.79. The monoisotopic (exact) mass is 324 g/mol. The zero-order valence-electron chi connectivity index (χ0n) is 11.8.